The number of pyridine rings is 1. The van der Waals surface area contributed by atoms with Crippen molar-refractivity contribution in [2.75, 3.05) is 5.32 Å². The normalized spacial score (nSPS) is 21.4. The van der Waals surface area contributed by atoms with Gasteiger partial charge in [-0.25, -0.2) is 9.37 Å². The smallest absolute Gasteiger partial charge is 0.228 e. The number of aromatic nitrogens is 3. The van der Waals surface area contributed by atoms with E-state index in [1.165, 1.54) is 6.92 Å². The Morgan fingerprint density at radius 3 is 2.83 bits per heavy atom. The van der Waals surface area contributed by atoms with Crippen molar-refractivity contribution in [1.82, 2.24) is 20.1 Å². The van der Waals surface area contributed by atoms with E-state index >= 15 is 0 Å². The molecule has 2 amide bonds. The molecular formula is C22H28FN5O2. The summed E-state index contributed by atoms with van der Waals surface area (Å²) in [6.07, 6.45) is 10.2. The van der Waals surface area contributed by atoms with Crippen LogP contribution < -0.4 is 10.6 Å². The quantitative estimate of drug-likeness (QED) is 0.804. The minimum absolute atomic E-state index is 0.0200. The number of anilines is 1. The zero-order valence-corrected chi connectivity index (χ0v) is 17.3. The second-order valence-electron chi connectivity index (χ2n) is 8.34. The molecule has 8 heteroatoms. The van der Waals surface area contributed by atoms with Gasteiger partial charge in [-0.15, -0.1) is 0 Å². The summed E-state index contributed by atoms with van der Waals surface area (Å²) in [6, 6.07) is 1.62. The number of rotatable bonds is 4. The van der Waals surface area contributed by atoms with Gasteiger partial charge in [0.1, 0.15) is 11.6 Å². The Bertz CT molecular complexity index is 942. The number of hydrogen-bond acceptors (Lipinski definition) is 4. The van der Waals surface area contributed by atoms with Gasteiger partial charge in [0.25, 0.3) is 0 Å². The van der Waals surface area contributed by atoms with Crippen LogP contribution in [0.2, 0.25) is 0 Å². The van der Waals surface area contributed by atoms with Crippen LogP contribution in [0.15, 0.2) is 18.5 Å². The Hall–Kier alpha value is -2.77. The lowest BCUT2D eigenvalue weighted by molar-refractivity contribution is -0.123. The molecule has 0 bridgehead atoms. The van der Waals surface area contributed by atoms with Crippen molar-refractivity contribution in [1.29, 1.82) is 0 Å². The number of carbonyl (C=O) groups is 2. The van der Waals surface area contributed by atoms with E-state index in [0.717, 1.165) is 68.9 Å². The molecule has 4 rings (SSSR count). The Morgan fingerprint density at radius 1 is 1.13 bits per heavy atom. The summed E-state index contributed by atoms with van der Waals surface area (Å²) in [7, 11) is 0. The molecule has 0 spiro atoms. The number of nitrogens with zero attached hydrogens (tertiary/aromatic N) is 3. The van der Waals surface area contributed by atoms with Crippen LogP contribution >= 0.6 is 0 Å². The first-order valence-corrected chi connectivity index (χ1v) is 10.8. The van der Waals surface area contributed by atoms with Crippen molar-refractivity contribution < 1.29 is 14.0 Å². The minimum atomic E-state index is -0.420. The third kappa shape index (κ3) is 4.52. The van der Waals surface area contributed by atoms with E-state index in [-0.39, 0.29) is 23.8 Å². The molecule has 1 saturated carbocycles. The van der Waals surface area contributed by atoms with Crippen molar-refractivity contribution in [3.63, 3.8) is 0 Å². The van der Waals surface area contributed by atoms with Crippen LogP contribution in [-0.4, -0.2) is 32.6 Å². The van der Waals surface area contributed by atoms with Crippen LogP contribution in [0.4, 0.5) is 10.2 Å². The second kappa shape index (κ2) is 8.93. The number of aryl methyl sites for hydroxylation is 1. The lowest BCUT2D eigenvalue weighted by Crippen LogP contribution is -2.40. The molecule has 2 aromatic heterocycles. The summed E-state index contributed by atoms with van der Waals surface area (Å²) in [5.74, 6) is -0.489. The van der Waals surface area contributed by atoms with Gasteiger partial charge in [-0.2, -0.15) is 5.10 Å². The molecule has 2 atom stereocenters. The first-order chi connectivity index (χ1) is 14.5. The number of fused-ring (bicyclic) bond motifs is 1. The fraction of sp³-hybridized carbons (Fsp3) is 0.545. The third-order valence-corrected chi connectivity index (χ3v) is 6.08. The zero-order valence-electron chi connectivity index (χ0n) is 17.3. The van der Waals surface area contributed by atoms with Gasteiger partial charge in [0.2, 0.25) is 11.8 Å². The van der Waals surface area contributed by atoms with Crippen LogP contribution in [-0.2, 0) is 22.6 Å². The lowest BCUT2D eigenvalue weighted by atomic mass is 9.85. The van der Waals surface area contributed by atoms with Gasteiger partial charge in [-0.05, 0) is 44.6 Å². The number of halogens is 1. The highest BCUT2D eigenvalue weighted by Crippen LogP contribution is 2.31. The SMILES string of the molecule is CC(=O)NC1CCC[C@@H](C(=O)Nc2cc(-c3cnn4c3CCCCC4)c(F)cn2)C1. The summed E-state index contributed by atoms with van der Waals surface area (Å²) in [5.41, 5.74) is 2.24. The topological polar surface area (TPSA) is 88.9 Å². The number of hydrogen-bond donors (Lipinski definition) is 2. The molecular weight excluding hydrogens is 385 g/mol. The summed E-state index contributed by atoms with van der Waals surface area (Å²) >= 11 is 0. The molecule has 1 aliphatic carbocycles. The minimum Gasteiger partial charge on any atom is -0.354 e. The number of nitrogens with one attached hydrogen (secondary N) is 2. The van der Waals surface area contributed by atoms with Crippen molar-refractivity contribution in [3.05, 3.63) is 30.0 Å². The Labute approximate surface area is 175 Å². The fourth-order valence-electron chi connectivity index (χ4n) is 4.61. The van der Waals surface area contributed by atoms with Gasteiger partial charge in [0.05, 0.1) is 12.4 Å². The van der Waals surface area contributed by atoms with Crippen molar-refractivity contribution in [2.45, 2.75) is 70.9 Å². The second-order valence-corrected chi connectivity index (χ2v) is 8.34. The first-order valence-electron chi connectivity index (χ1n) is 10.8. The molecule has 1 fully saturated rings. The first kappa shape index (κ1) is 20.5. The maximum atomic E-state index is 14.6. The maximum Gasteiger partial charge on any atom is 0.228 e. The Balaban J connectivity index is 1.51. The van der Waals surface area contributed by atoms with Gasteiger partial charge in [0.15, 0.2) is 0 Å². The molecule has 3 heterocycles. The van der Waals surface area contributed by atoms with Crippen molar-refractivity contribution in [3.8, 4) is 11.1 Å². The molecule has 7 nitrogen and oxygen atoms in total. The zero-order chi connectivity index (χ0) is 21.1. The predicted molar refractivity (Wildman–Crippen MR) is 111 cm³/mol. The standard InChI is InChI=1S/C22H28FN5O2/c1-14(29)26-16-7-5-6-15(10-16)22(30)27-21-11-17(19(23)13-24-21)18-12-25-28-9-4-2-3-8-20(18)28/h11-13,15-16H,2-10H2,1H3,(H,26,29)(H,24,27,30)/t15-,16?/m1/s1. The Morgan fingerprint density at radius 2 is 2.00 bits per heavy atom. The van der Waals surface area contributed by atoms with Gasteiger partial charge in [-0.3, -0.25) is 14.3 Å². The van der Waals surface area contributed by atoms with E-state index in [4.69, 9.17) is 0 Å². The molecule has 1 aliphatic heterocycles. The molecule has 160 valence electrons. The van der Waals surface area contributed by atoms with Crippen LogP contribution in [0.25, 0.3) is 11.1 Å². The van der Waals surface area contributed by atoms with E-state index < -0.39 is 5.82 Å². The van der Waals surface area contributed by atoms with Crippen LogP contribution in [0.3, 0.4) is 0 Å². The van der Waals surface area contributed by atoms with Gasteiger partial charge in [-0.1, -0.05) is 12.8 Å². The lowest BCUT2D eigenvalue weighted by Gasteiger charge is -2.28. The fourth-order valence-corrected chi connectivity index (χ4v) is 4.61. The highest BCUT2D eigenvalue weighted by atomic mass is 19.1. The highest BCUT2D eigenvalue weighted by molar-refractivity contribution is 5.92. The number of amides is 2. The summed E-state index contributed by atoms with van der Waals surface area (Å²) in [4.78, 5) is 28.2. The maximum absolute atomic E-state index is 14.6. The molecule has 1 unspecified atom stereocenters. The predicted octanol–water partition coefficient (Wildman–Crippen LogP) is 3.44. The van der Waals surface area contributed by atoms with Crippen molar-refractivity contribution in [2.24, 2.45) is 5.92 Å². The van der Waals surface area contributed by atoms with Crippen molar-refractivity contribution >= 4 is 17.6 Å². The van der Waals surface area contributed by atoms with Crippen LogP contribution in [0.1, 0.15) is 57.6 Å². The summed E-state index contributed by atoms with van der Waals surface area (Å²) in [6.45, 7) is 2.34. The van der Waals surface area contributed by atoms with Gasteiger partial charge >= 0.3 is 0 Å². The summed E-state index contributed by atoms with van der Waals surface area (Å²) < 4.78 is 16.6. The van der Waals surface area contributed by atoms with Gasteiger partial charge < -0.3 is 10.6 Å². The molecule has 30 heavy (non-hydrogen) atoms. The number of carbonyl (C=O) groups excluding carboxylic acids is 2. The highest BCUT2D eigenvalue weighted by Gasteiger charge is 2.28. The van der Waals surface area contributed by atoms with E-state index in [9.17, 15) is 14.0 Å². The molecule has 0 saturated heterocycles. The van der Waals surface area contributed by atoms with Crippen LogP contribution in [0, 0.1) is 11.7 Å². The molecule has 0 aromatic carbocycles. The van der Waals surface area contributed by atoms with E-state index in [1.54, 1.807) is 12.3 Å². The van der Waals surface area contributed by atoms with Gasteiger partial charge in [0, 0.05) is 42.2 Å². The van der Waals surface area contributed by atoms with E-state index in [2.05, 4.69) is 20.7 Å². The van der Waals surface area contributed by atoms with Crippen LogP contribution in [0.5, 0.6) is 0 Å². The third-order valence-electron chi connectivity index (χ3n) is 6.08. The largest absolute Gasteiger partial charge is 0.354 e. The average Bonchev–Trinajstić information content (AvgIpc) is 2.96. The average molecular weight is 413 g/mol. The molecule has 2 aliphatic rings. The molecule has 2 aromatic rings. The molecule has 0 radical (unpaired) electrons. The van der Waals surface area contributed by atoms with E-state index in [0.29, 0.717) is 17.8 Å². The van der Waals surface area contributed by atoms with E-state index in [1.807, 2.05) is 4.68 Å². The monoisotopic (exact) mass is 413 g/mol. The Kier molecular flexibility index (Phi) is 6.11. The summed E-state index contributed by atoms with van der Waals surface area (Å²) in [5, 5.41) is 10.2. The molecule has 2 N–H and O–H groups in total.